The van der Waals surface area contributed by atoms with Gasteiger partial charge in [-0.3, -0.25) is 9.59 Å². The first-order chi connectivity index (χ1) is 27.1. The summed E-state index contributed by atoms with van der Waals surface area (Å²) >= 11 is 0. The normalized spacial score (nSPS) is 10.4. The number of carboxylic acids is 2. The highest BCUT2D eigenvalue weighted by molar-refractivity contribution is 5.67. The molecule has 0 bridgehead atoms. The van der Waals surface area contributed by atoms with Gasteiger partial charge in [-0.2, -0.15) is 0 Å². The fraction of sp³-hybridized carbons (Fsp3) is 0.208. The number of hydrogen-bond acceptors (Lipinski definition) is 6. The van der Waals surface area contributed by atoms with Gasteiger partial charge in [0.05, 0.1) is 13.2 Å². The first kappa shape index (κ1) is 42.5. The van der Waals surface area contributed by atoms with Crippen molar-refractivity contribution in [2.75, 3.05) is 13.2 Å². The summed E-state index contributed by atoms with van der Waals surface area (Å²) in [6.45, 7) is -0.250. The summed E-state index contributed by atoms with van der Waals surface area (Å²) in [4.78, 5) is 21.9. The van der Waals surface area contributed by atoms with Crippen LogP contribution in [0.25, 0.3) is 0 Å². The fourth-order valence-electron chi connectivity index (χ4n) is 6.26. The Morgan fingerprint density at radius 3 is 0.804 bits per heavy atom. The zero-order valence-corrected chi connectivity index (χ0v) is 31.4. The summed E-state index contributed by atoms with van der Waals surface area (Å²) in [5.41, 5.74) is 9.70. The lowest BCUT2D eigenvalue weighted by Gasteiger charge is -2.14. The van der Waals surface area contributed by atoms with E-state index in [1.807, 2.05) is 146 Å². The molecule has 0 fully saturated rings. The minimum absolute atomic E-state index is 0.0837. The Morgan fingerprint density at radius 1 is 0.375 bits per heavy atom. The molecule has 8 heteroatoms. The van der Waals surface area contributed by atoms with E-state index in [-0.39, 0.29) is 26.1 Å². The van der Waals surface area contributed by atoms with Crippen molar-refractivity contribution in [3.63, 3.8) is 0 Å². The van der Waals surface area contributed by atoms with Crippen LogP contribution in [0.4, 0.5) is 0 Å². The number of carbonyl (C=O) groups is 2. The van der Waals surface area contributed by atoms with Gasteiger partial charge >= 0.3 is 11.9 Å². The van der Waals surface area contributed by atoms with Crippen molar-refractivity contribution in [3.8, 4) is 11.5 Å². The largest absolute Gasteiger partial charge is 0.507 e. The van der Waals surface area contributed by atoms with Gasteiger partial charge in [0.15, 0.2) is 0 Å². The van der Waals surface area contributed by atoms with Crippen LogP contribution in [0.5, 0.6) is 11.5 Å². The number of carboxylic acid groups (broad SMARTS) is 2. The monoisotopic (exact) mass is 754 g/mol. The van der Waals surface area contributed by atoms with Gasteiger partial charge in [0.1, 0.15) is 11.5 Å². The van der Waals surface area contributed by atoms with Gasteiger partial charge in [-0.15, -0.1) is 0 Å². The predicted molar refractivity (Wildman–Crippen MR) is 219 cm³/mol. The lowest BCUT2D eigenvalue weighted by molar-refractivity contribution is -0.138. The molecule has 6 aromatic carbocycles. The Bertz CT molecular complexity index is 1810. The SMILES string of the molecule is O=C(O)CCc1cc(Cc2ccccc2)c(O)c(Cc2ccccc2)c1.O=C(O)CCc1cc(Cc2ccccc2)c(O)c(Cc2ccccc2)c1.OCCO. The van der Waals surface area contributed by atoms with E-state index in [2.05, 4.69) is 0 Å². The van der Waals surface area contributed by atoms with Crippen LogP contribution < -0.4 is 0 Å². The van der Waals surface area contributed by atoms with Crippen molar-refractivity contribution >= 4 is 11.9 Å². The van der Waals surface area contributed by atoms with Gasteiger partial charge < -0.3 is 30.6 Å². The second-order valence-electron chi connectivity index (χ2n) is 13.4. The zero-order chi connectivity index (χ0) is 40.1. The summed E-state index contributed by atoms with van der Waals surface area (Å²) < 4.78 is 0. The maximum atomic E-state index is 10.9. The molecule has 0 atom stereocenters. The Morgan fingerprint density at radius 2 is 0.607 bits per heavy atom. The Kier molecular flexibility index (Phi) is 17.4. The molecule has 6 aromatic rings. The average Bonchev–Trinajstić information content (AvgIpc) is 3.21. The summed E-state index contributed by atoms with van der Waals surface area (Å²) in [7, 11) is 0. The van der Waals surface area contributed by atoms with Crippen LogP contribution in [0, 0.1) is 0 Å². The van der Waals surface area contributed by atoms with Crippen LogP contribution in [0.1, 0.15) is 68.5 Å². The third-order valence-electron chi connectivity index (χ3n) is 8.96. The Labute approximate surface area is 328 Å². The van der Waals surface area contributed by atoms with Crippen LogP contribution in [-0.4, -0.2) is 55.8 Å². The number of aliphatic hydroxyl groups excluding tert-OH is 2. The molecule has 8 nitrogen and oxygen atoms in total. The molecule has 0 aliphatic rings. The molecular weight excluding hydrogens is 705 g/mol. The molecule has 0 spiro atoms. The van der Waals surface area contributed by atoms with Crippen molar-refractivity contribution in [1.29, 1.82) is 0 Å². The zero-order valence-electron chi connectivity index (χ0n) is 31.4. The molecule has 0 amide bonds. The van der Waals surface area contributed by atoms with Crippen LogP contribution in [0.15, 0.2) is 146 Å². The fourth-order valence-corrected chi connectivity index (χ4v) is 6.26. The van der Waals surface area contributed by atoms with Gasteiger partial charge in [0, 0.05) is 38.5 Å². The van der Waals surface area contributed by atoms with Gasteiger partial charge in [0.25, 0.3) is 0 Å². The van der Waals surface area contributed by atoms with Crippen LogP contribution in [0.3, 0.4) is 0 Å². The molecule has 0 saturated carbocycles. The molecule has 0 unspecified atom stereocenters. The number of aliphatic carboxylic acids is 2. The van der Waals surface area contributed by atoms with Crippen molar-refractivity contribution in [2.45, 2.75) is 51.4 Å². The number of phenolic OH excluding ortho intramolecular Hbond substituents is 2. The minimum Gasteiger partial charge on any atom is -0.507 e. The summed E-state index contributed by atoms with van der Waals surface area (Å²) in [6.07, 6.45) is 3.56. The standard InChI is InChI=1S/2C23H22O3.C2H6O2/c2*24-22(25)12-11-19-15-20(13-17-7-3-1-4-8-17)23(26)21(16-19)14-18-9-5-2-6-10-18;3-1-2-4/h2*1-10,15-16,26H,11-14H2,(H,24,25);3-4H,1-2H2. The molecule has 0 aromatic heterocycles. The van der Waals surface area contributed by atoms with Crippen molar-refractivity contribution in [3.05, 3.63) is 201 Å². The number of rotatable bonds is 15. The highest BCUT2D eigenvalue weighted by Gasteiger charge is 2.14. The highest BCUT2D eigenvalue weighted by Crippen LogP contribution is 2.31. The maximum Gasteiger partial charge on any atom is 0.303 e. The molecule has 6 rings (SSSR count). The highest BCUT2D eigenvalue weighted by atomic mass is 16.4. The summed E-state index contributed by atoms with van der Waals surface area (Å²) in [5.74, 6) is -1.02. The molecule has 0 radical (unpaired) electrons. The van der Waals surface area contributed by atoms with Crippen LogP contribution in [0.2, 0.25) is 0 Å². The minimum atomic E-state index is -0.813. The van der Waals surface area contributed by atoms with Gasteiger partial charge in [-0.1, -0.05) is 146 Å². The average molecular weight is 755 g/mol. The van der Waals surface area contributed by atoms with E-state index in [9.17, 15) is 19.8 Å². The predicted octanol–water partition coefficient (Wildman–Crippen LogP) is 8.15. The first-order valence-corrected chi connectivity index (χ1v) is 18.6. The first-order valence-electron chi connectivity index (χ1n) is 18.6. The molecule has 0 saturated heterocycles. The molecule has 0 aliphatic carbocycles. The molecule has 0 heterocycles. The van der Waals surface area contributed by atoms with E-state index in [1.54, 1.807) is 0 Å². The van der Waals surface area contributed by atoms with Crippen LogP contribution >= 0.6 is 0 Å². The van der Waals surface area contributed by atoms with E-state index in [0.29, 0.717) is 50.0 Å². The molecule has 56 heavy (non-hydrogen) atoms. The summed E-state index contributed by atoms with van der Waals surface area (Å²) in [6, 6.07) is 47.6. The Hall–Kier alpha value is -6.22. The van der Waals surface area contributed by atoms with Crippen molar-refractivity contribution < 1.29 is 40.2 Å². The summed E-state index contributed by atoms with van der Waals surface area (Å²) in [5, 5.41) is 54.8. The second-order valence-corrected chi connectivity index (χ2v) is 13.4. The Balaban J connectivity index is 0.000000227. The van der Waals surface area contributed by atoms with E-state index < -0.39 is 11.9 Å². The van der Waals surface area contributed by atoms with Gasteiger partial charge in [0.2, 0.25) is 0 Å². The third-order valence-corrected chi connectivity index (χ3v) is 8.96. The molecule has 0 aliphatic heterocycles. The quantitative estimate of drug-likeness (QED) is 0.0614. The number of aromatic hydroxyl groups is 2. The molecule has 6 N–H and O–H groups in total. The van der Waals surface area contributed by atoms with Crippen molar-refractivity contribution in [1.82, 2.24) is 0 Å². The lowest BCUT2D eigenvalue weighted by atomic mass is 9.93. The lowest BCUT2D eigenvalue weighted by Crippen LogP contribution is -2.01. The van der Waals surface area contributed by atoms with E-state index in [4.69, 9.17) is 20.4 Å². The number of aliphatic hydroxyl groups is 2. The van der Waals surface area contributed by atoms with E-state index in [1.165, 1.54) is 0 Å². The maximum absolute atomic E-state index is 10.9. The smallest absolute Gasteiger partial charge is 0.303 e. The molecular formula is C48H50O8. The van der Waals surface area contributed by atoms with E-state index >= 15 is 0 Å². The number of benzene rings is 6. The van der Waals surface area contributed by atoms with Gasteiger partial charge in [-0.25, -0.2) is 0 Å². The van der Waals surface area contributed by atoms with E-state index in [0.717, 1.165) is 55.6 Å². The number of phenols is 2. The number of hydrogen-bond donors (Lipinski definition) is 6. The second kappa shape index (κ2) is 22.9. The topological polar surface area (TPSA) is 156 Å². The van der Waals surface area contributed by atoms with Crippen LogP contribution in [-0.2, 0) is 48.1 Å². The molecule has 290 valence electrons. The number of aryl methyl sites for hydroxylation is 2. The van der Waals surface area contributed by atoms with Gasteiger partial charge in [-0.05, 0) is 68.5 Å². The third kappa shape index (κ3) is 14.5. The van der Waals surface area contributed by atoms with Crippen molar-refractivity contribution in [2.24, 2.45) is 0 Å².